The third kappa shape index (κ3) is 3.26. The van der Waals surface area contributed by atoms with E-state index in [1.807, 2.05) is 6.92 Å². The lowest BCUT2D eigenvalue weighted by Crippen LogP contribution is -2.41. The van der Waals surface area contributed by atoms with Crippen molar-refractivity contribution < 1.29 is 14.5 Å². The molecule has 0 saturated carbocycles. The van der Waals surface area contributed by atoms with Crippen molar-refractivity contribution in [1.29, 1.82) is 0 Å². The molecule has 7 heteroatoms. The van der Waals surface area contributed by atoms with E-state index in [9.17, 15) is 14.9 Å². The molecular formula is C13H15ClN2O4. The number of nitrogens with one attached hydrogen (secondary N) is 1. The number of nitro benzene ring substituents is 1. The molecule has 0 radical (unpaired) electrons. The Hall–Kier alpha value is -1.66. The first-order valence-corrected chi connectivity index (χ1v) is 6.72. The first-order chi connectivity index (χ1) is 9.49. The fourth-order valence-electron chi connectivity index (χ4n) is 2.23. The van der Waals surface area contributed by atoms with Gasteiger partial charge < -0.3 is 10.1 Å². The summed E-state index contributed by atoms with van der Waals surface area (Å²) >= 11 is 5.92. The zero-order valence-electron chi connectivity index (χ0n) is 11.0. The number of hydrogen-bond donors (Lipinski definition) is 1. The largest absolute Gasteiger partial charge is 0.378 e. The summed E-state index contributed by atoms with van der Waals surface area (Å²) in [6, 6.07) is 4.20. The van der Waals surface area contributed by atoms with Crippen molar-refractivity contribution in [3.05, 3.63) is 38.9 Å². The van der Waals surface area contributed by atoms with Gasteiger partial charge in [-0.05, 0) is 25.8 Å². The third-order valence-electron chi connectivity index (χ3n) is 3.24. The molecule has 2 unspecified atom stereocenters. The summed E-state index contributed by atoms with van der Waals surface area (Å²) in [5.41, 5.74) is -0.139. The van der Waals surface area contributed by atoms with Crippen LogP contribution in [-0.4, -0.2) is 29.6 Å². The minimum Gasteiger partial charge on any atom is -0.378 e. The molecule has 1 aromatic rings. The number of hydrogen-bond acceptors (Lipinski definition) is 4. The van der Waals surface area contributed by atoms with Gasteiger partial charge in [0.2, 0.25) is 0 Å². The molecule has 0 bridgehead atoms. The lowest BCUT2D eigenvalue weighted by molar-refractivity contribution is -0.384. The second-order valence-corrected chi connectivity index (χ2v) is 5.15. The highest BCUT2D eigenvalue weighted by molar-refractivity contribution is 6.35. The first-order valence-electron chi connectivity index (χ1n) is 6.34. The molecular weight excluding hydrogens is 284 g/mol. The molecule has 1 aliphatic rings. The normalized spacial score (nSPS) is 22.3. The van der Waals surface area contributed by atoms with Gasteiger partial charge >= 0.3 is 0 Å². The number of amides is 1. The monoisotopic (exact) mass is 298 g/mol. The predicted molar refractivity (Wildman–Crippen MR) is 74.0 cm³/mol. The van der Waals surface area contributed by atoms with E-state index in [1.165, 1.54) is 18.2 Å². The van der Waals surface area contributed by atoms with E-state index in [1.54, 1.807) is 0 Å². The third-order valence-corrected chi connectivity index (χ3v) is 3.64. The molecule has 20 heavy (non-hydrogen) atoms. The maximum Gasteiger partial charge on any atom is 0.288 e. The Morgan fingerprint density at radius 2 is 2.30 bits per heavy atom. The highest BCUT2D eigenvalue weighted by Crippen LogP contribution is 2.28. The van der Waals surface area contributed by atoms with Crippen LogP contribution in [0, 0.1) is 10.1 Å². The molecule has 1 aromatic carbocycles. The standard InChI is InChI=1S/C13H15ClN2O4/c1-8-7-9(5-6-20-8)15-13(17)10-3-2-4-11(12(10)14)16(18)19/h2-4,8-9H,5-7H2,1H3,(H,15,17). The molecule has 2 atom stereocenters. The van der Waals surface area contributed by atoms with E-state index in [2.05, 4.69) is 5.32 Å². The Bertz CT molecular complexity index is 535. The maximum absolute atomic E-state index is 12.2. The lowest BCUT2D eigenvalue weighted by Gasteiger charge is -2.28. The second-order valence-electron chi connectivity index (χ2n) is 4.77. The van der Waals surface area contributed by atoms with Crippen molar-refractivity contribution in [3.8, 4) is 0 Å². The number of ether oxygens (including phenoxy) is 1. The fourth-order valence-corrected chi connectivity index (χ4v) is 2.51. The van der Waals surface area contributed by atoms with Gasteiger partial charge in [-0.1, -0.05) is 17.7 Å². The average molecular weight is 299 g/mol. The molecule has 1 saturated heterocycles. The molecule has 2 rings (SSSR count). The topological polar surface area (TPSA) is 81.5 Å². The van der Waals surface area contributed by atoms with Gasteiger partial charge in [-0.15, -0.1) is 0 Å². The molecule has 0 aromatic heterocycles. The second kappa shape index (κ2) is 6.19. The van der Waals surface area contributed by atoms with Gasteiger partial charge in [-0.3, -0.25) is 14.9 Å². The lowest BCUT2D eigenvalue weighted by atomic mass is 10.0. The van der Waals surface area contributed by atoms with Crippen molar-refractivity contribution in [3.63, 3.8) is 0 Å². The van der Waals surface area contributed by atoms with E-state index in [-0.39, 0.29) is 28.4 Å². The number of carbonyl (C=O) groups excluding carboxylic acids is 1. The molecule has 1 fully saturated rings. The minimum atomic E-state index is -0.602. The fraction of sp³-hybridized carbons (Fsp3) is 0.462. The van der Waals surface area contributed by atoms with Gasteiger partial charge in [0, 0.05) is 18.7 Å². The van der Waals surface area contributed by atoms with Gasteiger partial charge in [-0.25, -0.2) is 0 Å². The number of nitro groups is 1. The number of halogens is 1. The van der Waals surface area contributed by atoms with Crippen LogP contribution in [0.25, 0.3) is 0 Å². The summed E-state index contributed by atoms with van der Waals surface area (Å²) in [6.07, 6.45) is 1.54. The van der Waals surface area contributed by atoms with Crippen molar-refractivity contribution in [1.82, 2.24) is 5.32 Å². The number of benzene rings is 1. The number of rotatable bonds is 3. The van der Waals surface area contributed by atoms with Gasteiger partial charge in [0.25, 0.3) is 11.6 Å². The molecule has 0 spiro atoms. The number of nitrogens with zero attached hydrogens (tertiary/aromatic N) is 1. The van der Waals surface area contributed by atoms with Crippen molar-refractivity contribution in [2.24, 2.45) is 0 Å². The summed E-state index contributed by atoms with van der Waals surface area (Å²) in [5, 5.41) is 13.5. The maximum atomic E-state index is 12.2. The zero-order valence-corrected chi connectivity index (χ0v) is 11.7. The van der Waals surface area contributed by atoms with E-state index in [0.717, 1.165) is 12.8 Å². The molecule has 108 valence electrons. The Labute approximate surface area is 121 Å². The molecule has 1 heterocycles. The van der Waals surface area contributed by atoms with Crippen LogP contribution in [0.1, 0.15) is 30.1 Å². The highest BCUT2D eigenvalue weighted by atomic mass is 35.5. The Morgan fingerprint density at radius 1 is 1.55 bits per heavy atom. The van der Waals surface area contributed by atoms with Crippen molar-refractivity contribution in [2.45, 2.75) is 31.9 Å². The van der Waals surface area contributed by atoms with Crippen molar-refractivity contribution in [2.75, 3.05) is 6.61 Å². The zero-order chi connectivity index (χ0) is 14.7. The van der Waals surface area contributed by atoms with E-state index in [0.29, 0.717) is 6.61 Å². The van der Waals surface area contributed by atoms with Crippen LogP contribution in [0.5, 0.6) is 0 Å². The summed E-state index contributed by atoms with van der Waals surface area (Å²) in [6.45, 7) is 2.54. The van der Waals surface area contributed by atoms with Crippen LogP contribution >= 0.6 is 11.6 Å². The Balaban J connectivity index is 2.13. The minimum absolute atomic E-state index is 0.00146. The Kier molecular flexibility index (Phi) is 4.57. The summed E-state index contributed by atoms with van der Waals surface area (Å²) in [5.74, 6) is -0.391. The molecule has 0 aliphatic carbocycles. The predicted octanol–water partition coefficient (Wildman–Crippen LogP) is 2.55. The van der Waals surface area contributed by atoms with Crippen LogP contribution in [-0.2, 0) is 4.74 Å². The van der Waals surface area contributed by atoms with Gasteiger partial charge in [-0.2, -0.15) is 0 Å². The molecule has 6 nitrogen and oxygen atoms in total. The van der Waals surface area contributed by atoms with E-state index >= 15 is 0 Å². The van der Waals surface area contributed by atoms with Gasteiger partial charge in [0.1, 0.15) is 5.02 Å². The summed E-state index contributed by atoms with van der Waals surface area (Å²) in [7, 11) is 0. The van der Waals surface area contributed by atoms with Crippen LogP contribution in [0.15, 0.2) is 18.2 Å². The van der Waals surface area contributed by atoms with Crippen LogP contribution in [0.2, 0.25) is 5.02 Å². The summed E-state index contributed by atoms with van der Waals surface area (Å²) < 4.78 is 5.40. The van der Waals surface area contributed by atoms with Gasteiger partial charge in [0.15, 0.2) is 0 Å². The molecule has 1 N–H and O–H groups in total. The molecule has 1 aliphatic heterocycles. The van der Waals surface area contributed by atoms with Crippen molar-refractivity contribution >= 4 is 23.2 Å². The van der Waals surface area contributed by atoms with E-state index < -0.39 is 10.8 Å². The highest BCUT2D eigenvalue weighted by Gasteiger charge is 2.24. The smallest absolute Gasteiger partial charge is 0.288 e. The van der Waals surface area contributed by atoms with E-state index in [4.69, 9.17) is 16.3 Å². The SMILES string of the molecule is CC1CC(NC(=O)c2cccc([N+](=O)[O-])c2Cl)CCO1. The van der Waals surface area contributed by atoms with Gasteiger partial charge in [0.05, 0.1) is 16.6 Å². The van der Waals surface area contributed by atoms with Crippen LogP contribution in [0.3, 0.4) is 0 Å². The molecule has 1 amide bonds. The summed E-state index contributed by atoms with van der Waals surface area (Å²) in [4.78, 5) is 22.4. The Morgan fingerprint density at radius 3 is 2.95 bits per heavy atom. The first kappa shape index (κ1) is 14.7. The quantitative estimate of drug-likeness (QED) is 0.687. The van der Waals surface area contributed by atoms with Crippen LogP contribution in [0.4, 0.5) is 5.69 Å². The van der Waals surface area contributed by atoms with Crippen LogP contribution < -0.4 is 5.32 Å². The number of carbonyl (C=O) groups is 1. The average Bonchev–Trinajstić information content (AvgIpc) is 2.38.